The molecule has 4 aromatic rings. The van der Waals surface area contributed by atoms with Crippen LogP contribution in [0.25, 0.3) is 0 Å². The summed E-state index contributed by atoms with van der Waals surface area (Å²) in [7, 11) is 0. The van der Waals surface area contributed by atoms with Crippen LogP contribution in [-0.2, 0) is 6.42 Å². The molecule has 0 saturated carbocycles. The van der Waals surface area contributed by atoms with Crippen molar-refractivity contribution in [1.29, 1.82) is 0 Å². The van der Waals surface area contributed by atoms with Gasteiger partial charge in [0.25, 0.3) is 11.8 Å². The van der Waals surface area contributed by atoms with Crippen molar-refractivity contribution in [2.75, 3.05) is 0 Å². The zero-order valence-electron chi connectivity index (χ0n) is 23.5. The van der Waals surface area contributed by atoms with E-state index in [9.17, 15) is 9.59 Å². The third kappa shape index (κ3) is 5.29. The summed E-state index contributed by atoms with van der Waals surface area (Å²) in [5, 5.41) is 11.0. The van der Waals surface area contributed by atoms with Crippen LogP contribution in [0.4, 0.5) is 0 Å². The first-order valence-electron chi connectivity index (χ1n) is 14.3. The molecule has 6 nitrogen and oxygen atoms in total. The van der Waals surface area contributed by atoms with Crippen LogP contribution in [0.5, 0.6) is 0 Å². The molecule has 2 aliphatic carbocycles. The Balaban J connectivity index is 1.29. The van der Waals surface area contributed by atoms with Gasteiger partial charge < -0.3 is 15.2 Å². The summed E-state index contributed by atoms with van der Waals surface area (Å²) in [6, 6.07) is 20.4. The molecule has 7 heteroatoms. The molecule has 41 heavy (non-hydrogen) atoms. The smallest absolute Gasteiger partial charge is 0.256 e. The third-order valence-electron chi connectivity index (χ3n) is 8.91. The number of carbonyl (C=O) groups excluding carboxylic acids is 2. The fourth-order valence-corrected chi connectivity index (χ4v) is 6.70. The van der Waals surface area contributed by atoms with Crippen molar-refractivity contribution >= 4 is 23.4 Å². The van der Waals surface area contributed by atoms with E-state index < -0.39 is 0 Å². The van der Waals surface area contributed by atoms with Crippen molar-refractivity contribution in [2.24, 2.45) is 0 Å². The Labute approximate surface area is 245 Å². The number of amides is 2. The second kappa shape index (κ2) is 11.2. The highest BCUT2D eigenvalue weighted by Crippen LogP contribution is 2.43. The SMILES string of the molecule is Cc1nocc1C(=O)NC1CCC(C)c2ccc(C3Cc4ccccc4[C@@H](NC(=O)c4cccc(Cl)c4C)C3)cc21. The van der Waals surface area contributed by atoms with Crippen molar-refractivity contribution in [3.63, 3.8) is 0 Å². The molecule has 3 aromatic carbocycles. The Bertz CT molecular complexity index is 1630. The number of aryl methyl sites for hydroxylation is 1. The van der Waals surface area contributed by atoms with Gasteiger partial charge in [-0.2, -0.15) is 0 Å². The molecule has 6 rings (SSSR count). The summed E-state index contributed by atoms with van der Waals surface area (Å²) >= 11 is 6.32. The number of nitrogens with one attached hydrogen (secondary N) is 2. The topological polar surface area (TPSA) is 84.2 Å². The monoisotopic (exact) mass is 567 g/mol. The minimum Gasteiger partial charge on any atom is -0.364 e. The first-order valence-corrected chi connectivity index (χ1v) is 14.7. The molecule has 2 amide bonds. The Morgan fingerprint density at radius 3 is 2.46 bits per heavy atom. The maximum atomic E-state index is 13.4. The first-order chi connectivity index (χ1) is 19.8. The van der Waals surface area contributed by atoms with E-state index in [2.05, 4.69) is 59.1 Å². The molecule has 0 radical (unpaired) electrons. The molecule has 0 aliphatic heterocycles. The normalized spacial score (nSPS) is 21.5. The fourth-order valence-electron chi connectivity index (χ4n) is 6.52. The molecule has 1 heterocycles. The lowest BCUT2D eigenvalue weighted by Crippen LogP contribution is -2.34. The molecule has 0 bridgehead atoms. The predicted molar refractivity (Wildman–Crippen MR) is 159 cm³/mol. The molecule has 2 aliphatic rings. The van der Waals surface area contributed by atoms with Gasteiger partial charge in [0.05, 0.1) is 17.8 Å². The lowest BCUT2D eigenvalue weighted by Gasteiger charge is -2.35. The van der Waals surface area contributed by atoms with Gasteiger partial charge in [0, 0.05) is 10.6 Å². The molecule has 0 spiro atoms. The van der Waals surface area contributed by atoms with E-state index in [-0.39, 0.29) is 29.8 Å². The third-order valence-corrected chi connectivity index (χ3v) is 9.32. The summed E-state index contributed by atoms with van der Waals surface area (Å²) in [4.78, 5) is 26.5. The molecule has 210 valence electrons. The summed E-state index contributed by atoms with van der Waals surface area (Å²) in [5.74, 6) is 0.362. The predicted octanol–water partition coefficient (Wildman–Crippen LogP) is 7.51. The van der Waals surface area contributed by atoms with E-state index in [4.69, 9.17) is 16.1 Å². The van der Waals surface area contributed by atoms with Crippen LogP contribution in [0.15, 0.2) is 71.4 Å². The highest BCUT2D eigenvalue weighted by molar-refractivity contribution is 6.31. The number of nitrogens with zero attached hydrogens (tertiary/aromatic N) is 1. The van der Waals surface area contributed by atoms with Gasteiger partial charge in [0.2, 0.25) is 0 Å². The van der Waals surface area contributed by atoms with Crippen LogP contribution < -0.4 is 10.6 Å². The van der Waals surface area contributed by atoms with Crippen molar-refractivity contribution in [1.82, 2.24) is 15.8 Å². The number of halogens is 1. The Morgan fingerprint density at radius 1 is 0.878 bits per heavy atom. The Morgan fingerprint density at radius 2 is 1.66 bits per heavy atom. The number of hydrogen-bond donors (Lipinski definition) is 2. The van der Waals surface area contributed by atoms with Gasteiger partial charge in [-0.25, -0.2) is 0 Å². The van der Waals surface area contributed by atoms with E-state index >= 15 is 0 Å². The zero-order valence-corrected chi connectivity index (χ0v) is 24.3. The maximum Gasteiger partial charge on any atom is 0.256 e. The van der Waals surface area contributed by atoms with Gasteiger partial charge in [-0.1, -0.05) is 72.2 Å². The number of carbonyl (C=O) groups is 2. The average Bonchev–Trinajstić information content (AvgIpc) is 3.41. The van der Waals surface area contributed by atoms with Crippen molar-refractivity contribution in [3.8, 4) is 0 Å². The lowest BCUT2D eigenvalue weighted by atomic mass is 9.74. The van der Waals surface area contributed by atoms with E-state index in [1.54, 1.807) is 13.0 Å². The van der Waals surface area contributed by atoms with Crippen LogP contribution in [0.2, 0.25) is 5.02 Å². The fraction of sp³-hybridized carbons (Fsp3) is 0.324. The summed E-state index contributed by atoms with van der Waals surface area (Å²) in [6.07, 6.45) is 4.97. The van der Waals surface area contributed by atoms with Crippen molar-refractivity contribution in [3.05, 3.63) is 122 Å². The zero-order chi connectivity index (χ0) is 28.7. The largest absolute Gasteiger partial charge is 0.364 e. The van der Waals surface area contributed by atoms with Gasteiger partial charge in [-0.15, -0.1) is 0 Å². The van der Waals surface area contributed by atoms with Gasteiger partial charge in [-0.05, 0) is 96.9 Å². The lowest BCUT2D eigenvalue weighted by molar-refractivity contribution is 0.0922. The van der Waals surface area contributed by atoms with Crippen LogP contribution in [0.1, 0.15) is 110 Å². The molecule has 3 unspecified atom stereocenters. The highest BCUT2D eigenvalue weighted by atomic mass is 35.5. The second-order valence-corrected chi connectivity index (χ2v) is 11.9. The number of benzene rings is 3. The van der Waals surface area contributed by atoms with Crippen LogP contribution in [0.3, 0.4) is 0 Å². The molecular weight excluding hydrogens is 534 g/mol. The number of hydrogen-bond acceptors (Lipinski definition) is 4. The Hall–Kier alpha value is -3.90. The molecule has 1 aromatic heterocycles. The molecule has 4 atom stereocenters. The van der Waals surface area contributed by atoms with Crippen LogP contribution in [0, 0.1) is 13.8 Å². The Kier molecular flexibility index (Phi) is 7.43. The van der Waals surface area contributed by atoms with Gasteiger partial charge >= 0.3 is 0 Å². The quantitative estimate of drug-likeness (QED) is 0.261. The molecule has 0 saturated heterocycles. The van der Waals surface area contributed by atoms with E-state index in [0.29, 0.717) is 27.8 Å². The highest BCUT2D eigenvalue weighted by Gasteiger charge is 2.32. The molecule has 0 fully saturated rings. The average molecular weight is 568 g/mol. The number of rotatable bonds is 5. The summed E-state index contributed by atoms with van der Waals surface area (Å²) < 4.78 is 5.00. The second-order valence-electron chi connectivity index (χ2n) is 11.5. The summed E-state index contributed by atoms with van der Waals surface area (Å²) in [5.41, 5.74) is 8.54. The van der Waals surface area contributed by atoms with E-state index in [0.717, 1.165) is 36.8 Å². The van der Waals surface area contributed by atoms with Crippen molar-refractivity contribution < 1.29 is 14.1 Å². The molecular formula is C34H34ClN3O3. The van der Waals surface area contributed by atoms with E-state index in [1.165, 1.54) is 28.5 Å². The standard InChI is InChI=1S/C34H34ClN3O3/c1-19-11-14-31(36-34(40)29-18-41-38-21(29)3)28-16-22(12-13-25(19)28)24-15-23-7-4-5-8-27(23)32(17-24)37-33(39)26-9-6-10-30(35)20(26)2/h4-10,12-13,16,18-19,24,31-32H,11,14-15,17H2,1-3H3,(H,36,40)(H,37,39)/t19?,24?,31?,32-/m0/s1. The van der Waals surface area contributed by atoms with Gasteiger partial charge in [-0.3, -0.25) is 9.59 Å². The van der Waals surface area contributed by atoms with Gasteiger partial charge in [0.15, 0.2) is 0 Å². The van der Waals surface area contributed by atoms with Crippen LogP contribution in [-0.4, -0.2) is 17.0 Å². The minimum absolute atomic E-state index is 0.0832. The summed E-state index contributed by atoms with van der Waals surface area (Å²) in [6.45, 7) is 5.90. The maximum absolute atomic E-state index is 13.4. The van der Waals surface area contributed by atoms with Crippen molar-refractivity contribution in [2.45, 2.75) is 70.4 Å². The van der Waals surface area contributed by atoms with E-state index in [1.807, 2.05) is 25.1 Å². The molecule has 2 N–H and O–H groups in total. The van der Waals surface area contributed by atoms with Gasteiger partial charge in [0.1, 0.15) is 11.8 Å². The first kappa shape index (κ1) is 27.3. The minimum atomic E-state index is -0.162. The number of fused-ring (bicyclic) bond motifs is 2. The number of aromatic nitrogens is 1. The van der Waals surface area contributed by atoms with Crippen LogP contribution >= 0.6 is 11.6 Å².